The molecule has 0 bridgehead atoms. The fourth-order valence-electron chi connectivity index (χ4n) is 2.09. The number of hydrogen-bond donors (Lipinski definition) is 0. The van der Waals surface area contributed by atoms with Crippen LogP contribution in [0.1, 0.15) is 25.6 Å². The van der Waals surface area contributed by atoms with Gasteiger partial charge in [-0.2, -0.15) is 4.98 Å². The van der Waals surface area contributed by atoms with Crippen LogP contribution in [-0.2, 0) is 4.74 Å². The number of amides is 1. The fourth-order valence-corrected chi connectivity index (χ4v) is 2.09. The molecule has 1 saturated heterocycles. The van der Waals surface area contributed by atoms with Gasteiger partial charge in [0.2, 0.25) is 5.88 Å². The zero-order valence-electron chi connectivity index (χ0n) is 11.3. The average molecular weight is 265 g/mol. The molecule has 0 radical (unpaired) electrons. The highest BCUT2D eigenvalue weighted by Gasteiger charge is 2.25. The van der Waals surface area contributed by atoms with Crippen molar-refractivity contribution in [1.82, 2.24) is 14.9 Å². The molecule has 2 rings (SSSR count). The summed E-state index contributed by atoms with van der Waals surface area (Å²) in [4.78, 5) is 21.6. The van der Waals surface area contributed by atoms with Crippen LogP contribution in [0.15, 0.2) is 12.3 Å². The molecule has 6 nitrogen and oxygen atoms in total. The smallest absolute Gasteiger partial charge is 0.409 e. The van der Waals surface area contributed by atoms with Crippen molar-refractivity contribution < 1.29 is 14.3 Å². The summed E-state index contributed by atoms with van der Waals surface area (Å²) in [5.74, 6) is 1.23. The third-order valence-corrected chi connectivity index (χ3v) is 2.94. The normalized spacial score (nSPS) is 19.1. The van der Waals surface area contributed by atoms with Gasteiger partial charge in [0.05, 0.1) is 13.2 Å². The maximum absolute atomic E-state index is 11.7. The molecule has 0 aliphatic carbocycles. The van der Waals surface area contributed by atoms with E-state index >= 15 is 0 Å². The van der Waals surface area contributed by atoms with Gasteiger partial charge in [-0.25, -0.2) is 9.78 Å². The highest BCUT2D eigenvalue weighted by Crippen LogP contribution is 2.17. The lowest BCUT2D eigenvalue weighted by molar-refractivity contribution is 0.0593. The summed E-state index contributed by atoms with van der Waals surface area (Å²) < 4.78 is 10.8. The minimum atomic E-state index is -0.269. The van der Waals surface area contributed by atoms with E-state index in [1.807, 2.05) is 6.92 Å². The summed E-state index contributed by atoms with van der Waals surface area (Å²) in [5.41, 5.74) is 0. The SMILES string of the molecule is CCOC(=O)N1CCC[C@@H](Oc2ccnc(C)n2)C1. The number of hydrogen-bond acceptors (Lipinski definition) is 5. The van der Waals surface area contributed by atoms with Gasteiger partial charge in [-0.1, -0.05) is 0 Å². The molecule has 6 heteroatoms. The van der Waals surface area contributed by atoms with Crippen molar-refractivity contribution in [3.63, 3.8) is 0 Å². The molecule has 1 aliphatic rings. The van der Waals surface area contributed by atoms with E-state index in [0.29, 0.717) is 24.9 Å². The Labute approximate surface area is 112 Å². The van der Waals surface area contributed by atoms with Crippen LogP contribution in [0.4, 0.5) is 4.79 Å². The van der Waals surface area contributed by atoms with E-state index in [1.54, 1.807) is 24.1 Å². The van der Waals surface area contributed by atoms with Crippen LogP contribution < -0.4 is 4.74 Å². The zero-order valence-corrected chi connectivity index (χ0v) is 11.3. The molecular formula is C13H19N3O3. The number of carbonyl (C=O) groups is 1. The number of rotatable bonds is 3. The topological polar surface area (TPSA) is 64.5 Å². The summed E-state index contributed by atoms with van der Waals surface area (Å²) in [6.07, 6.45) is 3.19. The first kappa shape index (κ1) is 13.6. The van der Waals surface area contributed by atoms with Crippen LogP contribution in [-0.4, -0.2) is 46.8 Å². The lowest BCUT2D eigenvalue weighted by Gasteiger charge is -2.31. The Kier molecular flexibility index (Phi) is 4.54. The van der Waals surface area contributed by atoms with E-state index in [9.17, 15) is 4.79 Å². The van der Waals surface area contributed by atoms with Crippen molar-refractivity contribution >= 4 is 6.09 Å². The third kappa shape index (κ3) is 3.81. The van der Waals surface area contributed by atoms with Crippen LogP contribution in [0.5, 0.6) is 5.88 Å². The molecule has 1 amide bonds. The molecule has 2 heterocycles. The van der Waals surface area contributed by atoms with Gasteiger partial charge in [0.15, 0.2) is 0 Å². The van der Waals surface area contributed by atoms with Gasteiger partial charge in [0.1, 0.15) is 11.9 Å². The van der Waals surface area contributed by atoms with Gasteiger partial charge in [-0.3, -0.25) is 0 Å². The van der Waals surface area contributed by atoms with E-state index < -0.39 is 0 Å². The number of likely N-dealkylation sites (tertiary alicyclic amines) is 1. The summed E-state index contributed by atoms with van der Waals surface area (Å²) >= 11 is 0. The first-order valence-electron chi connectivity index (χ1n) is 6.57. The highest BCUT2D eigenvalue weighted by atomic mass is 16.6. The third-order valence-electron chi connectivity index (χ3n) is 2.94. The molecule has 104 valence electrons. The molecule has 1 atom stereocenters. The largest absolute Gasteiger partial charge is 0.472 e. The number of ether oxygens (including phenoxy) is 2. The Hall–Kier alpha value is -1.85. The molecule has 1 aromatic heterocycles. The molecule has 1 aromatic rings. The van der Waals surface area contributed by atoms with E-state index in [0.717, 1.165) is 19.4 Å². The quantitative estimate of drug-likeness (QED) is 0.833. The van der Waals surface area contributed by atoms with E-state index in [1.165, 1.54) is 0 Å². The van der Waals surface area contributed by atoms with Crippen LogP contribution in [0.2, 0.25) is 0 Å². The lowest BCUT2D eigenvalue weighted by atomic mass is 10.1. The molecule has 0 unspecified atom stereocenters. The van der Waals surface area contributed by atoms with Crippen molar-refractivity contribution in [2.45, 2.75) is 32.8 Å². The molecular weight excluding hydrogens is 246 g/mol. The molecule has 0 saturated carbocycles. The van der Waals surface area contributed by atoms with Crippen LogP contribution in [0, 0.1) is 6.92 Å². The van der Waals surface area contributed by atoms with Crippen molar-refractivity contribution in [3.8, 4) is 5.88 Å². The average Bonchev–Trinajstić information content (AvgIpc) is 2.39. The number of piperidine rings is 1. The maximum atomic E-state index is 11.7. The fraction of sp³-hybridized carbons (Fsp3) is 0.615. The lowest BCUT2D eigenvalue weighted by Crippen LogP contribution is -2.44. The number of aryl methyl sites for hydroxylation is 1. The van der Waals surface area contributed by atoms with Crippen LogP contribution >= 0.6 is 0 Å². The van der Waals surface area contributed by atoms with Gasteiger partial charge in [0.25, 0.3) is 0 Å². The highest BCUT2D eigenvalue weighted by molar-refractivity contribution is 5.67. The van der Waals surface area contributed by atoms with Gasteiger partial charge in [-0.15, -0.1) is 0 Å². The van der Waals surface area contributed by atoms with E-state index in [-0.39, 0.29) is 12.2 Å². The molecule has 0 N–H and O–H groups in total. The maximum Gasteiger partial charge on any atom is 0.409 e. The first-order valence-corrected chi connectivity index (χ1v) is 6.57. The second-order valence-corrected chi connectivity index (χ2v) is 4.47. The molecule has 1 fully saturated rings. The Morgan fingerprint density at radius 2 is 2.42 bits per heavy atom. The Balaban J connectivity index is 1.92. The minimum absolute atomic E-state index is 0.0348. The summed E-state index contributed by atoms with van der Waals surface area (Å²) in [5, 5.41) is 0. The van der Waals surface area contributed by atoms with Crippen LogP contribution in [0.25, 0.3) is 0 Å². The number of carbonyl (C=O) groups excluding carboxylic acids is 1. The number of aromatic nitrogens is 2. The first-order chi connectivity index (χ1) is 9.19. The molecule has 0 spiro atoms. The van der Waals surface area contributed by atoms with Crippen molar-refractivity contribution in [2.24, 2.45) is 0 Å². The van der Waals surface area contributed by atoms with Crippen molar-refractivity contribution in [2.75, 3.05) is 19.7 Å². The Bertz CT molecular complexity index is 439. The Morgan fingerprint density at radius 1 is 1.58 bits per heavy atom. The standard InChI is InChI=1S/C13H19N3O3/c1-3-18-13(17)16-8-4-5-11(9-16)19-12-6-7-14-10(2)15-12/h6-7,11H,3-5,8-9H2,1-2H3/t11-/m1/s1. The Morgan fingerprint density at radius 3 is 3.16 bits per heavy atom. The second kappa shape index (κ2) is 6.36. The molecule has 0 aromatic carbocycles. The zero-order chi connectivity index (χ0) is 13.7. The van der Waals surface area contributed by atoms with Gasteiger partial charge in [-0.05, 0) is 26.7 Å². The predicted molar refractivity (Wildman–Crippen MR) is 69.0 cm³/mol. The second-order valence-electron chi connectivity index (χ2n) is 4.47. The monoisotopic (exact) mass is 265 g/mol. The van der Waals surface area contributed by atoms with Gasteiger partial charge in [0, 0.05) is 18.8 Å². The molecule has 1 aliphatic heterocycles. The summed E-state index contributed by atoms with van der Waals surface area (Å²) in [7, 11) is 0. The number of nitrogens with zero attached hydrogens (tertiary/aromatic N) is 3. The van der Waals surface area contributed by atoms with Gasteiger partial charge >= 0.3 is 6.09 Å². The summed E-state index contributed by atoms with van der Waals surface area (Å²) in [6.45, 7) is 5.29. The van der Waals surface area contributed by atoms with Crippen molar-refractivity contribution in [1.29, 1.82) is 0 Å². The minimum Gasteiger partial charge on any atom is -0.472 e. The summed E-state index contributed by atoms with van der Waals surface area (Å²) in [6, 6.07) is 1.73. The van der Waals surface area contributed by atoms with Gasteiger partial charge < -0.3 is 14.4 Å². The molecule has 19 heavy (non-hydrogen) atoms. The predicted octanol–water partition coefficient (Wildman–Crippen LogP) is 1.78. The van der Waals surface area contributed by atoms with E-state index in [4.69, 9.17) is 9.47 Å². The van der Waals surface area contributed by atoms with E-state index in [2.05, 4.69) is 9.97 Å². The van der Waals surface area contributed by atoms with Crippen LogP contribution in [0.3, 0.4) is 0 Å². The van der Waals surface area contributed by atoms with Crippen molar-refractivity contribution in [3.05, 3.63) is 18.1 Å².